The third-order valence-electron chi connectivity index (χ3n) is 4.35. The van der Waals surface area contributed by atoms with Crippen LogP contribution in [0, 0.1) is 11.3 Å². The summed E-state index contributed by atoms with van der Waals surface area (Å²) < 4.78 is 7.71. The van der Waals surface area contributed by atoms with Gasteiger partial charge < -0.3 is 14.1 Å². The number of rotatable bonds is 5. The second-order valence-electron chi connectivity index (χ2n) is 6.23. The van der Waals surface area contributed by atoms with Crippen molar-refractivity contribution in [2.45, 2.75) is 6.54 Å². The smallest absolute Gasteiger partial charge is 0.335 e. The average Bonchev–Trinajstić information content (AvgIpc) is 3.35. The molecule has 2 aromatic carbocycles. The van der Waals surface area contributed by atoms with Gasteiger partial charge in [-0.05, 0) is 42.5 Å². The Morgan fingerprint density at radius 3 is 2.86 bits per heavy atom. The van der Waals surface area contributed by atoms with Crippen molar-refractivity contribution >= 4 is 23.1 Å². The predicted octanol–water partition coefficient (Wildman–Crippen LogP) is 4.60. The van der Waals surface area contributed by atoms with Crippen molar-refractivity contribution in [2.75, 3.05) is 0 Å². The highest BCUT2D eigenvalue weighted by molar-refractivity contribution is 5.89. The molecule has 0 amide bonds. The molecular weight excluding hydrogens is 354 g/mol. The van der Waals surface area contributed by atoms with E-state index in [0.717, 1.165) is 11.0 Å². The van der Waals surface area contributed by atoms with E-state index < -0.39 is 5.97 Å². The van der Waals surface area contributed by atoms with Crippen LogP contribution in [0.25, 0.3) is 28.4 Å². The summed E-state index contributed by atoms with van der Waals surface area (Å²) in [5, 5.41) is 18.6. The Labute approximate surface area is 160 Å². The number of carboxylic acids is 1. The minimum atomic E-state index is -0.993. The Hall–Kier alpha value is -4.11. The summed E-state index contributed by atoms with van der Waals surface area (Å²) >= 11 is 0. The Morgan fingerprint density at radius 1 is 1.18 bits per heavy atom. The highest BCUT2D eigenvalue weighted by Crippen LogP contribution is 2.25. The zero-order chi connectivity index (χ0) is 19.5. The lowest BCUT2D eigenvalue weighted by molar-refractivity contribution is 0.0697. The normalized spacial score (nSPS) is 11.5. The summed E-state index contributed by atoms with van der Waals surface area (Å²) in [7, 11) is 0. The molecule has 0 atom stereocenters. The molecule has 4 rings (SSSR count). The summed E-state index contributed by atoms with van der Waals surface area (Å²) in [6.45, 7) is 0.377. The molecule has 0 fully saturated rings. The van der Waals surface area contributed by atoms with Gasteiger partial charge in [0.2, 0.25) is 0 Å². The number of aromatic nitrogens is 2. The molecule has 0 aliphatic heterocycles. The van der Waals surface area contributed by atoms with Gasteiger partial charge in [0.25, 0.3) is 0 Å². The van der Waals surface area contributed by atoms with Gasteiger partial charge in [0.1, 0.15) is 11.5 Å². The summed E-state index contributed by atoms with van der Waals surface area (Å²) in [5.74, 6) is 0.0734. The van der Waals surface area contributed by atoms with Gasteiger partial charge in [0.05, 0.1) is 41.1 Å². The van der Waals surface area contributed by atoms with Crippen LogP contribution in [-0.4, -0.2) is 20.6 Å². The summed E-state index contributed by atoms with van der Waals surface area (Å²) in [6.07, 6.45) is 3.39. The number of carboxylic acid groups (broad SMARTS) is 1. The Bertz CT molecular complexity index is 1240. The first kappa shape index (κ1) is 17.3. The molecule has 0 aliphatic carbocycles. The van der Waals surface area contributed by atoms with Crippen molar-refractivity contribution < 1.29 is 14.3 Å². The molecule has 136 valence electrons. The molecule has 0 aliphatic rings. The van der Waals surface area contributed by atoms with Crippen LogP contribution in [0.2, 0.25) is 0 Å². The largest absolute Gasteiger partial charge is 0.478 e. The van der Waals surface area contributed by atoms with Gasteiger partial charge in [-0.15, -0.1) is 0 Å². The van der Waals surface area contributed by atoms with Gasteiger partial charge in [-0.1, -0.05) is 24.3 Å². The molecule has 0 bridgehead atoms. The lowest BCUT2D eigenvalue weighted by Gasteiger charge is -2.02. The molecule has 0 saturated carbocycles. The number of hydrogen-bond acceptors (Lipinski definition) is 4. The van der Waals surface area contributed by atoms with Crippen molar-refractivity contribution in [3.05, 3.63) is 83.9 Å². The fraction of sp³-hybridized carbons (Fsp3) is 0.0455. The number of hydrogen-bond donors (Lipinski definition) is 1. The molecule has 2 heterocycles. The van der Waals surface area contributed by atoms with Crippen LogP contribution in [0.5, 0.6) is 0 Å². The zero-order valence-corrected chi connectivity index (χ0v) is 14.7. The summed E-state index contributed by atoms with van der Waals surface area (Å²) in [6, 6.07) is 20.0. The Balaban J connectivity index is 1.60. The van der Waals surface area contributed by atoms with Gasteiger partial charge in [-0.2, -0.15) is 5.26 Å². The number of nitrogens with zero attached hydrogens (tertiary/aromatic N) is 3. The molecule has 0 saturated heterocycles. The van der Waals surface area contributed by atoms with Crippen molar-refractivity contribution in [2.24, 2.45) is 0 Å². The first-order valence-electron chi connectivity index (χ1n) is 8.58. The number of nitriles is 1. The van der Waals surface area contributed by atoms with E-state index in [4.69, 9.17) is 9.52 Å². The average molecular weight is 369 g/mol. The number of benzene rings is 2. The van der Waals surface area contributed by atoms with Crippen LogP contribution < -0.4 is 0 Å². The quantitative estimate of drug-likeness (QED) is 0.519. The van der Waals surface area contributed by atoms with Crippen molar-refractivity contribution in [1.82, 2.24) is 9.55 Å². The first-order chi connectivity index (χ1) is 13.6. The maximum atomic E-state index is 11.1. The summed E-state index contributed by atoms with van der Waals surface area (Å²) in [4.78, 5) is 15.5. The van der Waals surface area contributed by atoms with Crippen molar-refractivity contribution in [3.8, 4) is 17.4 Å². The second kappa shape index (κ2) is 7.25. The van der Waals surface area contributed by atoms with Gasteiger partial charge in [-0.25, -0.2) is 9.78 Å². The monoisotopic (exact) mass is 369 g/mol. The van der Waals surface area contributed by atoms with Gasteiger partial charge in [-0.3, -0.25) is 0 Å². The highest BCUT2D eigenvalue weighted by Gasteiger charge is 2.09. The lowest BCUT2D eigenvalue weighted by atomic mass is 10.1. The van der Waals surface area contributed by atoms with Crippen LogP contribution in [0.3, 0.4) is 0 Å². The highest BCUT2D eigenvalue weighted by atomic mass is 16.4. The third-order valence-corrected chi connectivity index (χ3v) is 4.35. The van der Waals surface area contributed by atoms with Gasteiger partial charge in [0, 0.05) is 5.56 Å². The Morgan fingerprint density at radius 2 is 2.04 bits per heavy atom. The van der Waals surface area contributed by atoms with Crippen LogP contribution in [0.15, 0.2) is 77.0 Å². The van der Waals surface area contributed by atoms with E-state index >= 15 is 0 Å². The zero-order valence-electron chi connectivity index (χ0n) is 14.7. The number of fused-ring (bicyclic) bond motifs is 1. The van der Waals surface area contributed by atoms with E-state index in [9.17, 15) is 10.1 Å². The number of allylic oxidation sites excluding steroid dienone is 1. The number of aromatic carboxylic acids is 1. The molecule has 28 heavy (non-hydrogen) atoms. The number of carbonyl (C=O) groups is 1. The molecule has 0 unspecified atom stereocenters. The second-order valence-corrected chi connectivity index (χ2v) is 6.23. The maximum Gasteiger partial charge on any atom is 0.335 e. The van der Waals surface area contributed by atoms with E-state index in [-0.39, 0.29) is 5.56 Å². The topological polar surface area (TPSA) is 92.0 Å². The SMILES string of the molecule is N#C/C(=C/c1ccc(-c2cccc(C(=O)O)c2)o1)Cn1cnc2ccccc21. The number of para-hydroxylation sites is 2. The van der Waals surface area contributed by atoms with E-state index in [0.29, 0.717) is 29.2 Å². The molecule has 0 radical (unpaired) electrons. The van der Waals surface area contributed by atoms with Crippen LogP contribution >= 0.6 is 0 Å². The standard InChI is InChI=1S/C22H15N3O3/c23-12-15(13-25-14-24-19-6-1-2-7-20(19)25)10-18-8-9-21(28-18)16-4-3-5-17(11-16)22(26)27/h1-11,14H,13H2,(H,26,27)/b15-10-. The molecule has 4 aromatic rings. The number of furan rings is 1. The van der Waals surface area contributed by atoms with Crippen LogP contribution in [0.4, 0.5) is 0 Å². The van der Waals surface area contributed by atoms with Crippen molar-refractivity contribution in [1.29, 1.82) is 5.26 Å². The van der Waals surface area contributed by atoms with E-state index in [1.54, 1.807) is 42.7 Å². The van der Waals surface area contributed by atoms with E-state index in [1.165, 1.54) is 6.07 Å². The molecular formula is C22H15N3O3. The summed E-state index contributed by atoms with van der Waals surface area (Å²) in [5.41, 5.74) is 3.20. The van der Waals surface area contributed by atoms with Crippen molar-refractivity contribution in [3.63, 3.8) is 0 Å². The third kappa shape index (κ3) is 3.41. The minimum Gasteiger partial charge on any atom is -0.478 e. The molecule has 1 N–H and O–H groups in total. The van der Waals surface area contributed by atoms with Crippen LogP contribution in [0.1, 0.15) is 16.1 Å². The Kier molecular flexibility index (Phi) is 4.48. The lowest BCUT2D eigenvalue weighted by Crippen LogP contribution is -1.98. The molecule has 0 spiro atoms. The number of imidazole rings is 1. The fourth-order valence-electron chi connectivity index (χ4n) is 3.00. The van der Waals surface area contributed by atoms with E-state index in [1.807, 2.05) is 28.8 Å². The minimum absolute atomic E-state index is 0.190. The molecule has 2 aromatic heterocycles. The fourth-order valence-corrected chi connectivity index (χ4v) is 3.00. The van der Waals surface area contributed by atoms with E-state index in [2.05, 4.69) is 11.1 Å². The predicted molar refractivity (Wildman–Crippen MR) is 104 cm³/mol. The van der Waals surface area contributed by atoms with Gasteiger partial charge >= 0.3 is 5.97 Å². The van der Waals surface area contributed by atoms with Crippen LogP contribution in [-0.2, 0) is 6.54 Å². The maximum absolute atomic E-state index is 11.1. The molecule has 6 nitrogen and oxygen atoms in total. The van der Waals surface area contributed by atoms with Gasteiger partial charge in [0.15, 0.2) is 0 Å². The first-order valence-corrected chi connectivity index (χ1v) is 8.58. The molecule has 6 heteroatoms.